The second-order valence-electron chi connectivity index (χ2n) is 13.8. The molecule has 0 bridgehead atoms. The van der Waals surface area contributed by atoms with Crippen LogP contribution in [0.3, 0.4) is 0 Å². The van der Waals surface area contributed by atoms with Crippen molar-refractivity contribution in [3.05, 3.63) is 175 Å². The number of nitrogens with zero attached hydrogens (tertiary/aromatic N) is 1. The van der Waals surface area contributed by atoms with E-state index < -0.39 is 0 Å². The molecule has 0 saturated heterocycles. The summed E-state index contributed by atoms with van der Waals surface area (Å²) in [6.07, 6.45) is 0. The van der Waals surface area contributed by atoms with Crippen molar-refractivity contribution >= 4 is 70.1 Å². The van der Waals surface area contributed by atoms with Crippen molar-refractivity contribution in [3.63, 3.8) is 0 Å². The molecule has 0 atom stereocenters. The van der Waals surface area contributed by atoms with Crippen molar-refractivity contribution in [2.24, 2.45) is 0 Å². The number of rotatable bonds is 4. The van der Waals surface area contributed by atoms with Gasteiger partial charge in [0, 0.05) is 42.5 Å². The lowest BCUT2D eigenvalue weighted by molar-refractivity contribution is 0.660. The molecule has 0 fully saturated rings. The van der Waals surface area contributed by atoms with E-state index in [1.807, 2.05) is 11.3 Å². The molecule has 1 aliphatic rings. The highest BCUT2D eigenvalue weighted by atomic mass is 32.1. The molecule has 0 spiro atoms. The smallest absolute Gasteiger partial charge is 0.0540 e. The Kier molecular flexibility index (Phi) is 6.16. The zero-order valence-electron chi connectivity index (χ0n) is 27.4. The molecule has 1 aliphatic carbocycles. The van der Waals surface area contributed by atoms with Crippen molar-refractivity contribution in [1.29, 1.82) is 0 Å². The number of hydrogen-bond acceptors (Lipinski definition) is 2. The quantitative estimate of drug-likeness (QED) is 0.184. The number of anilines is 3. The van der Waals surface area contributed by atoms with Gasteiger partial charge in [0.05, 0.1) is 5.69 Å². The lowest BCUT2D eigenvalue weighted by Crippen LogP contribution is -2.15. The van der Waals surface area contributed by atoms with Gasteiger partial charge in [-0.15, -0.1) is 11.3 Å². The minimum absolute atomic E-state index is 0.0488. The molecule has 2 heteroatoms. The van der Waals surface area contributed by atoms with Gasteiger partial charge in [-0.1, -0.05) is 129 Å². The van der Waals surface area contributed by atoms with Crippen LogP contribution in [-0.2, 0) is 5.41 Å². The lowest BCUT2D eigenvalue weighted by atomic mass is 9.82. The van der Waals surface area contributed by atoms with Crippen LogP contribution in [0.15, 0.2) is 164 Å². The Hall–Kier alpha value is -5.70. The van der Waals surface area contributed by atoms with Gasteiger partial charge in [0.15, 0.2) is 0 Å². The van der Waals surface area contributed by atoms with Crippen LogP contribution in [0, 0.1) is 0 Å². The third kappa shape index (κ3) is 4.31. The Morgan fingerprint density at radius 3 is 2.04 bits per heavy atom. The maximum absolute atomic E-state index is 2.48. The van der Waals surface area contributed by atoms with E-state index in [1.165, 1.54) is 75.1 Å². The number of fused-ring (bicyclic) bond motifs is 9. The Morgan fingerprint density at radius 1 is 0.449 bits per heavy atom. The third-order valence-corrected chi connectivity index (χ3v) is 11.8. The molecule has 232 valence electrons. The van der Waals surface area contributed by atoms with E-state index in [4.69, 9.17) is 0 Å². The van der Waals surface area contributed by atoms with Crippen molar-refractivity contribution in [3.8, 4) is 22.3 Å². The van der Waals surface area contributed by atoms with Gasteiger partial charge in [-0.25, -0.2) is 0 Å². The Bertz CT molecular complexity index is 2770. The van der Waals surface area contributed by atoms with Gasteiger partial charge in [-0.2, -0.15) is 0 Å². The molecule has 1 nitrogen and oxygen atoms in total. The zero-order chi connectivity index (χ0) is 32.7. The van der Waals surface area contributed by atoms with E-state index in [1.54, 1.807) is 0 Å². The first-order valence-electron chi connectivity index (χ1n) is 17.0. The van der Waals surface area contributed by atoms with Gasteiger partial charge in [0.25, 0.3) is 0 Å². The highest BCUT2D eigenvalue weighted by molar-refractivity contribution is 7.26. The molecule has 0 radical (unpaired) electrons. The van der Waals surface area contributed by atoms with Crippen LogP contribution in [0.1, 0.15) is 25.0 Å². The van der Waals surface area contributed by atoms with Crippen molar-refractivity contribution in [2.45, 2.75) is 19.3 Å². The minimum Gasteiger partial charge on any atom is -0.310 e. The second-order valence-corrected chi connectivity index (χ2v) is 14.8. The first kappa shape index (κ1) is 28.3. The fourth-order valence-electron chi connectivity index (χ4n) is 8.21. The van der Waals surface area contributed by atoms with Crippen molar-refractivity contribution in [2.75, 3.05) is 4.90 Å². The molecule has 0 aliphatic heterocycles. The maximum Gasteiger partial charge on any atom is 0.0540 e. The van der Waals surface area contributed by atoms with Crippen LogP contribution in [0.4, 0.5) is 17.1 Å². The zero-order valence-corrected chi connectivity index (χ0v) is 28.3. The van der Waals surface area contributed by atoms with Crippen LogP contribution in [0.2, 0.25) is 0 Å². The fourth-order valence-corrected chi connectivity index (χ4v) is 9.34. The molecule has 0 N–H and O–H groups in total. The summed E-state index contributed by atoms with van der Waals surface area (Å²) in [5.41, 5.74) is 11.2. The topological polar surface area (TPSA) is 3.24 Å². The molecule has 10 rings (SSSR count). The summed E-state index contributed by atoms with van der Waals surface area (Å²) in [7, 11) is 0. The van der Waals surface area contributed by atoms with E-state index in [2.05, 4.69) is 183 Å². The Labute approximate surface area is 290 Å². The lowest BCUT2D eigenvalue weighted by Gasteiger charge is -2.29. The van der Waals surface area contributed by atoms with Gasteiger partial charge in [0.2, 0.25) is 0 Å². The van der Waals surface area contributed by atoms with Gasteiger partial charge in [-0.3, -0.25) is 0 Å². The molecule has 49 heavy (non-hydrogen) atoms. The summed E-state index contributed by atoms with van der Waals surface area (Å²) in [5, 5.41) is 7.70. The molecule has 0 saturated carbocycles. The highest BCUT2D eigenvalue weighted by Crippen LogP contribution is 2.51. The van der Waals surface area contributed by atoms with E-state index in [9.17, 15) is 0 Å². The molecular formula is C47H33NS. The second kappa shape index (κ2) is 10.7. The summed E-state index contributed by atoms with van der Waals surface area (Å²) in [4.78, 5) is 2.48. The summed E-state index contributed by atoms with van der Waals surface area (Å²) in [6.45, 7) is 4.70. The Morgan fingerprint density at radius 2 is 1.12 bits per heavy atom. The molecule has 0 amide bonds. The molecular weight excluding hydrogens is 611 g/mol. The monoisotopic (exact) mass is 643 g/mol. The highest BCUT2D eigenvalue weighted by Gasteiger charge is 2.35. The van der Waals surface area contributed by atoms with E-state index in [-0.39, 0.29) is 5.41 Å². The summed E-state index contributed by atoms with van der Waals surface area (Å²) >= 11 is 1.88. The first-order chi connectivity index (χ1) is 24.0. The molecule has 1 heterocycles. The van der Waals surface area contributed by atoms with Crippen molar-refractivity contribution < 1.29 is 0 Å². The van der Waals surface area contributed by atoms with Crippen molar-refractivity contribution in [1.82, 2.24) is 0 Å². The predicted octanol–water partition coefficient (Wildman–Crippen LogP) is 13.8. The van der Waals surface area contributed by atoms with Gasteiger partial charge in [-0.05, 0) is 97.9 Å². The fraction of sp³-hybridized carbons (Fsp3) is 0.0638. The van der Waals surface area contributed by atoms with Gasteiger partial charge >= 0.3 is 0 Å². The number of benzene rings is 8. The molecule has 1 aromatic heterocycles. The first-order valence-corrected chi connectivity index (χ1v) is 17.8. The van der Waals surface area contributed by atoms with Crippen LogP contribution < -0.4 is 4.90 Å². The number of para-hydroxylation sites is 1. The third-order valence-electron chi connectivity index (χ3n) is 10.6. The molecule has 8 aromatic carbocycles. The molecule has 9 aromatic rings. The summed E-state index contributed by atoms with van der Waals surface area (Å²) < 4.78 is 2.65. The van der Waals surface area contributed by atoms with Gasteiger partial charge < -0.3 is 4.90 Å². The van der Waals surface area contributed by atoms with Crippen LogP contribution in [0.25, 0.3) is 64.0 Å². The van der Waals surface area contributed by atoms with Crippen LogP contribution >= 0.6 is 11.3 Å². The van der Waals surface area contributed by atoms with E-state index >= 15 is 0 Å². The minimum atomic E-state index is -0.0488. The largest absolute Gasteiger partial charge is 0.310 e. The number of hydrogen-bond donors (Lipinski definition) is 0. The summed E-state index contributed by atoms with van der Waals surface area (Å²) in [6, 6.07) is 60.8. The predicted molar refractivity (Wildman–Crippen MR) is 212 cm³/mol. The van der Waals surface area contributed by atoms with Crippen LogP contribution in [-0.4, -0.2) is 0 Å². The standard InChI is InChI=1S/C47H33NS/c1-47(2)41-16-8-5-14-37(41)40-29-35(24-25-42(40)47)48(43-17-9-6-13-36(43)33-20-19-30-11-3-4-12-32(30)27-33)34-23-21-31-22-26-45-46(39(31)28-34)38-15-7-10-18-44(38)49-45/h3-29H,1-2H3. The van der Waals surface area contributed by atoms with Gasteiger partial charge in [0.1, 0.15) is 0 Å². The average molecular weight is 644 g/mol. The average Bonchev–Trinajstić information content (AvgIpc) is 3.64. The van der Waals surface area contributed by atoms with Crippen LogP contribution in [0.5, 0.6) is 0 Å². The SMILES string of the molecule is CC1(C)c2ccccc2-c2cc(N(c3ccc4ccc5sc6ccccc6c5c4c3)c3ccccc3-c3ccc4ccccc4c3)ccc21. The summed E-state index contributed by atoms with van der Waals surface area (Å²) in [5.74, 6) is 0. The van der Waals surface area contributed by atoms with E-state index in [0.717, 1.165) is 17.1 Å². The normalized spacial score (nSPS) is 13.3. The maximum atomic E-state index is 2.48. The number of thiophene rings is 1. The Balaban J connectivity index is 1.25. The molecule has 0 unspecified atom stereocenters. The van der Waals surface area contributed by atoms with E-state index in [0.29, 0.717) is 0 Å².